The maximum atomic E-state index is 14.0. The van der Waals surface area contributed by atoms with E-state index in [0.717, 1.165) is 39.4 Å². The average Bonchev–Trinajstić information content (AvgIpc) is 3.69. The van der Waals surface area contributed by atoms with Crippen LogP contribution in [0.15, 0.2) is 72.9 Å². The standard InChI is InChI=1S/C39H47N7O6S/c1-26-18-28(37(48)45-23-30-22-41-44(4)36(30)42-33-10-5-6-11-34(33)45)12-13-29(26)21-40-39(49)46-24-32(20-35(46)38(53)43(2)3)52-25-27-8-7-9-31(19-27)51-17-16-50-15-14-47/h5-13,18-19,22,32,35,42,47H,14-17,20-21,23-25H2,1-4H3,(H,40,49)/t32-,35+/m1/s1. The molecule has 53 heavy (non-hydrogen) atoms. The summed E-state index contributed by atoms with van der Waals surface area (Å²) in [7, 11) is 5.64. The van der Waals surface area contributed by atoms with E-state index in [4.69, 9.17) is 31.5 Å². The van der Waals surface area contributed by atoms with Gasteiger partial charge in [0, 0.05) is 51.8 Å². The molecule has 1 saturated heterocycles. The number of nitrogens with zero attached hydrogens (tertiary/aromatic N) is 5. The summed E-state index contributed by atoms with van der Waals surface area (Å²) in [5.74, 6) is 1.44. The molecule has 2 atom stereocenters. The highest BCUT2D eigenvalue weighted by atomic mass is 32.1. The molecule has 3 aromatic carbocycles. The molecule has 14 heteroatoms. The molecule has 0 radical (unpaired) electrons. The third kappa shape index (κ3) is 8.96. The zero-order valence-electron chi connectivity index (χ0n) is 30.6. The lowest BCUT2D eigenvalue weighted by Crippen LogP contribution is -2.48. The predicted molar refractivity (Wildman–Crippen MR) is 207 cm³/mol. The number of ether oxygens (including phenoxy) is 3. The van der Waals surface area contributed by atoms with Crippen molar-refractivity contribution in [3.05, 3.63) is 101 Å². The number of thiocarbonyl (C=S) groups is 1. The largest absolute Gasteiger partial charge is 0.491 e. The van der Waals surface area contributed by atoms with Crippen LogP contribution in [0.2, 0.25) is 0 Å². The maximum Gasteiger partial charge on any atom is 0.318 e. The summed E-state index contributed by atoms with van der Waals surface area (Å²) in [5.41, 5.74) is 5.85. The molecule has 0 aliphatic carbocycles. The first-order valence-electron chi connectivity index (χ1n) is 17.7. The van der Waals surface area contributed by atoms with Crippen molar-refractivity contribution in [3.8, 4) is 5.75 Å². The Bertz CT molecular complexity index is 1930. The highest BCUT2D eigenvalue weighted by Gasteiger charge is 2.39. The molecule has 1 aromatic heterocycles. The minimum atomic E-state index is -0.300. The summed E-state index contributed by atoms with van der Waals surface area (Å²) >= 11 is 5.76. The van der Waals surface area contributed by atoms with Crippen molar-refractivity contribution in [3.63, 3.8) is 0 Å². The van der Waals surface area contributed by atoms with Crippen LogP contribution in [0.5, 0.6) is 5.75 Å². The molecule has 280 valence electrons. The van der Waals surface area contributed by atoms with Gasteiger partial charge in [0.1, 0.15) is 23.2 Å². The van der Waals surface area contributed by atoms with Crippen molar-refractivity contribution < 1.29 is 28.9 Å². The van der Waals surface area contributed by atoms with Gasteiger partial charge in [0.25, 0.3) is 5.91 Å². The van der Waals surface area contributed by atoms with Crippen LogP contribution in [0.25, 0.3) is 0 Å². The van der Waals surface area contributed by atoms with Crippen molar-refractivity contribution in [2.24, 2.45) is 7.05 Å². The van der Waals surface area contributed by atoms with E-state index >= 15 is 0 Å². The second kappa shape index (κ2) is 17.2. The van der Waals surface area contributed by atoms with Crippen molar-refractivity contribution >= 4 is 46.3 Å². The Hall–Kier alpha value is -5.02. The molecule has 13 nitrogen and oxygen atoms in total. The molecule has 3 N–H and O–H groups in total. The summed E-state index contributed by atoms with van der Waals surface area (Å²) in [6, 6.07) is 20.5. The Kier molecular flexibility index (Phi) is 12.2. The molecule has 0 bridgehead atoms. The molecule has 0 spiro atoms. The van der Waals surface area contributed by atoms with Crippen LogP contribution >= 0.6 is 12.2 Å². The first kappa shape index (κ1) is 37.7. The first-order chi connectivity index (χ1) is 25.6. The molecule has 0 saturated carbocycles. The number of likely N-dealkylation sites (N-methyl/N-ethyl adjacent to an activating group) is 1. The Morgan fingerprint density at radius 2 is 1.91 bits per heavy atom. The fourth-order valence-corrected chi connectivity index (χ4v) is 6.82. The number of aromatic nitrogens is 2. The highest BCUT2D eigenvalue weighted by Crippen LogP contribution is 2.36. The lowest BCUT2D eigenvalue weighted by atomic mass is 10.0. The SMILES string of the molecule is Cc1cc(C(=O)N2Cc3cnn(C)c3Nc3ccccc32)ccc1CNC(=O)N1C[C@H](OCc2cccc(OCCOCCO)c2)C[C@H]1C(=S)N(C)C. The lowest BCUT2D eigenvalue weighted by molar-refractivity contribution is 0.0483. The summed E-state index contributed by atoms with van der Waals surface area (Å²) < 4.78 is 19.1. The maximum absolute atomic E-state index is 14.0. The Morgan fingerprint density at radius 3 is 2.70 bits per heavy atom. The number of carbonyl (C=O) groups excluding carboxylic acids is 2. The summed E-state index contributed by atoms with van der Waals surface area (Å²) in [4.78, 5) is 33.8. The van der Waals surface area contributed by atoms with Gasteiger partial charge in [-0.25, -0.2) is 4.79 Å². The van der Waals surface area contributed by atoms with Crippen LogP contribution in [0.1, 0.15) is 39.0 Å². The van der Waals surface area contributed by atoms with E-state index in [1.54, 1.807) is 20.7 Å². The minimum Gasteiger partial charge on any atom is -0.491 e. The van der Waals surface area contributed by atoms with E-state index in [9.17, 15) is 9.59 Å². The van der Waals surface area contributed by atoms with Crippen LogP contribution in [-0.4, -0.2) is 101 Å². The van der Waals surface area contributed by atoms with Gasteiger partial charge in [-0.05, 0) is 60.0 Å². The molecule has 6 rings (SSSR count). The van der Waals surface area contributed by atoms with Gasteiger partial charge in [0.15, 0.2) is 0 Å². The summed E-state index contributed by atoms with van der Waals surface area (Å²) in [5, 5.41) is 19.8. The Labute approximate surface area is 315 Å². The van der Waals surface area contributed by atoms with Crippen LogP contribution in [-0.2, 0) is 36.2 Å². The predicted octanol–water partition coefficient (Wildman–Crippen LogP) is 4.78. The number of nitrogens with one attached hydrogen (secondary N) is 2. The molecule has 3 amide bonds. The van der Waals surface area contributed by atoms with E-state index in [0.29, 0.717) is 55.6 Å². The number of rotatable bonds is 13. The van der Waals surface area contributed by atoms with Crippen LogP contribution in [0.4, 0.5) is 22.0 Å². The molecule has 1 fully saturated rings. The van der Waals surface area contributed by atoms with E-state index in [1.807, 2.05) is 99.7 Å². The average molecular weight is 742 g/mol. The quantitative estimate of drug-likeness (QED) is 0.130. The lowest BCUT2D eigenvalue weighted by Gasteiger charge is -2.28. The number of para-hydroxylation sites is 2. The van der Waals surface area contributed by atoms with Crippen LogP contribution in [0.3, 0.4) is 0 Å². The van der Waals surface area contributed by atoms with Gasteiger partial charge in [0.2, 0.25) is 0 Å². The van der Waals surface area contributed by atoms with Crippen LogP contribution < -0.4 is 20.3 Å². The number of hydrogen-bond donors (Lipinski definition) is 3. The van der Waals surface area contributed by atoms with Gasteiger partial charge >= 0.3 is 6.03 Å². The molecule has 0 unspecified atom stereocenters. The monoisotopic (exact) mass is 741 g/mol. The van der Waals surface area contributed by atoms with Gasteiger partial charge in [-0.1, -0.05) is 42.5 Å². The third-order valence-electron chi connectivity index (χ3n) is 9.42. The van der Waals surface area contributed by atoms with Gasteiger partial charge in [-0.3, -0.25) is 9.48 Å². The number of amides is 3. The molecule has 2 aliphatic rings. The van der Waals surface area contributed by atoms with Crippen molar-refractivity contribution in [1.29, 1.82) is 0 Å². The van der Waals surface area contributed by atoms with Gasteiger partial charge in [-0.2, -0.15) is 5.10 Å². The van der Waals surface area contributed by atoms with E-state index in [2.05, 4.69) is 15.7 Å². The number of carbonyl (C=O) groups is 2. The highest BCUT2D eigenvalue weighted by molar-refractivity contribution is 7.80. The Morgan fingerprint density at radius 1 is 1.08 bits per heavy atom. The number of fused-ring (bicyclic) bond motifs is 2. The Balaban J connectivity index is 1.08. The molecule has 4 aromatic rings. The second-order valence-corrected chi connectivity index (χ2v) is 13.8. The number of benzene rings is 3. The van der Waals surface area contributed by atoms with E-state index < -0.39 is 0 Å². The number of aliphatic hydroxyl groups excluding tert-OH is 1. The summed E-state index contributed by atoms with van der Waals surface area (Å²) in [6.07, 6.45) is 2.15. The number of likely N-dealkylation sites (tertiary alicyclic amines) is 1. The normalized spacial score (nSPS) is 16.3. The van der Waals surface area contributed by atoms with Crippen molar-refractivity contribution in [1.82, 2.24) is 24.9 Å². The van der Waals surface area contributed by atoms with Crippen molar-refractivity contribution in [2.45, 2.75) is 45.2 Å². The second-order valence-electron chi connectivity index (χ2n) is 13.4. The first-order valence-corrected chi connectivity index (χ1v) is 18.1. The van der Waals surface area contributed by atoms with Gasteiger partial charge in [0.05, 0.1) is 62.7 Å². The number of aryl methyl sites for hydroxylation is 2. The van der Waals surface area contributed by atoms with Gasteiger partial charge in [-0.15, -0.1) is 0 Å². The van der Waals surface area contributed by atoms with Crippen molar-refractivity contribution in [2.75, 3.05) is 57.3 Å². The summed E-state index contributed by atoms with van der Waals surface area (Å²) in [6.45, 7) is 4.38. The zero-order valence-corrected chi connectivity index (χ0v) is 31.4. The molecular weight excluding hydrogens is 695 g/mol. The fraction of sp³-hybridized carbons (Fsp3) is 0.385. The number of hydrogen-bond acceptors (Lipinski definition) is 9. The molecule has 2 aliphatic heterocycles. The molecule has 3 heterocycles. The fourth-order valence-electron chi connectivity index (χ4n) is 6.59. The van der Waals surface area contributed by atoms with E-state index in [1.165, 1.54) is 0 Å². The minimum absolute atomic E-state index is 0.0207. The van der Waals surface area contributed by atoms with Gasteiger partial charge < -0.3 is 44.7 Å². The van der Waals surface area contributed by atoms with E-state index in [-0.39, 0.29) is 43.8 Å². The number of urea groups is 1. The zero-order chi connectivity index (χ0) is 37.5. The molecular formula is C39H47N7O6S. The topological polar surface area (TPSA) is 134 Å². The number of aliphatic hydroxyl groups is 1. The number of anilines is 3. The smallest absolute Gasteiger partial charge is 0.318 e. The third-order valence-corrected chi connectivity index (χ3v) is 10.1. The van der Waals surface area contributed by atoms with Crippen LogP contribution in [0, 0.1) is 6.92 Å².